The normalized spacial score (nSPS) is 23.9. The van der Waals surface area contributed by atoms with Crippen LogP contribution in [0.4, 0.5) is 0 Å². The zero-order valence-corrected chi connectivity index (χ0v) is 13.7. The van der Waals surface area contributed by atoms with Gasteiger partial charge in [-0.1, -0.05) is 0 Å². The summed E-state index contributed by atoms with van der Waals surface area (Å²) in [7, 11) is 2.04. The van der Waals surface area contributed by atoms with E-state index in [1.807, 2.05) is 11.9 Å². The second kappa shape index (κ2) is 9.79. The van der Waals surface area contributed by atoms with Crippen molar-refractivity contribution in [3.8, 4) is 0 Å². The Kier molecular flexibility index (Phi) is 9.76. The molecule has 2 rings (SSSR count). The van der Waals surface area contributed by atoms with Gasteiger partial charge in [0, 0.05) is 19.1 Å². The summed E-state index contributed by atoms with van der Waals surface area (Å²) in [6.45, 7) is 3.89. The quantitative estimate of drug-likeness (QED) is 0.792. The van der Waals surface area contributed by atoms with Crippen LogP contribution >= 0.6 is 24.8 Å². The van der Waals surface area contributed by atoms with E-state index in [0.29, 0.717) is 19.1 Å². The molecule has 2 heterocycles. The first kappa shape index (κ1) is 19.9. The molecule has 2 N–H and O–H groups in total. The number of piperidine rings is 2. The molecule has 0 aliphatic carbocycles. The Morgan fingerprint density at radius 3 is 2.55 bits per heavy atom. The van der Waals surface area contributed by atoms with Crippen LogP contribution in [-0.2, 0) is 4.79 Å². The predicted octanol–water partition coefficient (Wildman–Crippen LogP) is 0.497. The van der Waals surface area contributed by atoms with Gasteiger partial charge in [0.25, 0.3) is 0 Å². The minimum atomic E-state index is -0.327. The van der Waals surface area contributed by atoms with E-state index in [2.05, 4.69) is 10.2 Å². The van der Waals surface area contributed by atoms with Crippen molar-refractivity contribution < 1.29 is 9.90 Å². The highest BCUT2D eigenvalue weighted by molar-refractivity contribution is 5.85. The molecule has 5 nitrogen and oxygen atoms in total. The van der Waals surface area contributed by atoms with E-state index in [1.165, 1.54) is 0 Å². The molecule has 0 bridgehead atoms. The maximum absolute atomic E-state index is 12.2. The molecular weight excluding hydrogens is 301 g/mol. The van der Waals surface area contributed by atoms with E-state index in [1.54, 1.807) is 0 Å². The van der Waals surface area contributed by atoms with Crippen LogP contribution in [0.25, 0.3) is 0 Å². The van der Waals surface area contributed by atoms with Crippen molar-refractivity contribution in [1.29, 1.82) is 0 Å². The molecule has 2 aliphatic heterocycles. The van der Waals surface area contributed by atoms with Gasteiger partial charge >= 0.3 is 0 Å². The Morgan fingerprint density at radius 1 is 1.30 bits per heavy atom. The van der Waals surface area contributed by atoms with Crippen molar-refractivity contribution in [3.63, 3.8) is 0 Å². The maximum Gasteiger partial charge on any atom is 0.236 e. The number of amides is 1. The number of nitrogens with one attached hydrogen (secondary N) is 1. The van der Waals surface area contributed by atoms with Crippen molar-refractivity contribution >= 4 is 30.7 Å². The van der Waals surface area contributed by atoms with Gasteiger partial charge in [-0.15, -0.1) is 24.8 Å². The molecule has 120 valence electrons. The molecule has 1 amide bonds. The summed E-state index contributed by atoms with van der Waals surface area (Å²) in [5.74, 6) is 0.162. The molecule has 2 aliphatic rings. The van der Waals surface area contributed by atoms with Crippen molar-refractivity contribution in [2.75, 3.05) is 39.8 Å². The number of halogens is 2. The Bertz CT molecular complexity index is 289. The van der Waals surface area contributed by atoms with Crippen LogP contribution in [-0.4, -0.2) is 72.7 Å². The largest absolute Gasteiger partial charge is 0.391 e. The molecule has 1 atom stereocenters. The summed E-state index contributed by atoms with van der Waals surface area (Å²) >= 11 is 0. The molecule has 20 heavy (non-hydrogen) atoms. The molecule has 0 aromatic heterocycles. The Labute approximate surface area is 133 Å². The van der Waals surface area contributed by atoms with Crippen LogP contribution < -0.4 is 5.32 Å². The Hall–Kier alpha value is -0.0700. The molecule has 2 saturated heterocycles. The summed E-state index contributed by atoms with van der Waals surface area (Å²) < 4.78 is 0. The average molecular weight is 328 g/mol. The highest BCUT2D eigenvalue weighted by Crippen LogP contribution is 2.13. The molecule has 0 aromatic carbocycles. The number of aliphatic hydroxyl groups excluding tert-OH is 1. The highest BCUT2D eigenvalue weighted by atomic mass is 35.5. The number of aliphatic hydroxyl groups is 1. The van der Waals surface area contributed by atoms with E-state index in [9.17, 15) is 9.90 Å². The molecule has 7 heteroatoms. The first-order chi connectivity index (χ1) is 8.66. The lowest BCUT2D eigenvalue weighted by Gasteiger charge is -2.35. The van der Waals surface area contributed by atoms with Crippen LogP contribution in [0.3, 0.4) is 0 Å². The van der Waals surface area contributed by atoms with Gasteiger partial charge in [-0.3, -0.25) is 9.69 Å². The van der Waals surface area contributed by atoms with E-state index in [0.717, 1.165) is 45.3 Å². The van der Waals surface area contributed by atoms with Crippen LogP contribution in [0.15, 0.2) is 0 Å². The number of likely N-dealkylation sites (tertiary alicyclic amines) is 1. The van der Waals surface area contributed by atoms with Crippen molar-refractivity contribution in [3.05, 3.63) is 0 Å². The highest BCUT2D eigenvalue weighted by Gasteiger charge is 2.25. The second-order valence-electron chi connectivity index (χ2n) is 5.53. The number of β-amino-alcohol motifs (C(OH)–C–C–N with tert-alkyl or cyclic N) is 1. The zero-order valence-electron chi connectivity index (χ0n) is 12.1. The minimum absolute atomic E-state index is 0. The van der Waals surface area contributed by atoms with Crippen molar-refractivity contribution in [1.82, 2.24) is 15.1 Å². The predicted molar refractivity (Wildman–Crippen MR) is 84.8 cm³/mol. The number of hydrogen-bond acceptors (Lipinski definition) is 4. The first-order valence-corrected chi connectivity index (χ1v) is 7.03. The summed E-state index contributed by atoms with van der Waals surface area (Å²) in [5, 5.41) is 12.9. The third-order valence-electron chi connectivity index (χ3n) is 4.07. The Morgan fingerprint density at radius 2 is 1.95 bits per heavy atom. The fraction of sp³-hybridized carbons (Fsp3) is 0.923. The Balaban J connectivity index is 0.00000180. The lowest BCUT2D eigenvalue weighted by atomic mass is 10.1. The molecule has 0 spiro atoms. The van der Waals surface area contributed by atoms with Gasteiger partial charge < -0.3 is 15.3 Å². The van der Waals surface area contributed by atoms with Crippen LogP contribution in [0.5, 0.6) is 0 Å². The van der Waals surface area contributed by atoms with Gasteiger partial charge in [-0.25, -0.2) is 0 Å². The van der Waals surface area contributed by atoms with Crippen molar-refractivity contribution in [2.24, 2.45) is 0 Å². The first-order valence-electron chi connectivity index (χ1n) is 7.03. The summed E-state index contributed by atoms with van der Waals surface area (Å²) in [6.07, 6.45) is 3.66. The third kappa shape index (κ3) is 5.74. The summed E-state index contributed by atoms with van der Waals surface area (Å²) in [6, 6.07) is 0.518. The zero-order chi connectivity index (χ0) is 13.0. The van der Waals surface area contributed by atoms with Gasteiger partial charge in [0.05, 0.1) is 12.6 Å². The van der Waals surface area contributed by atoms with Gasteiger partial charge in [0.1, 0.15) is 0 Å². The molecule has 0 saturated carbocycles. The van der Waals surface area contributed by atoms with Crippen LogP contribution in [0.2, 0.25) is 0 Å². The lowest BCUT2D eigenvalue weighted by molar-refractivity contribution is -0.135. The summed E-state index contributed by atoms with van der Waals surface area (Å²) in [5.41, 5.74) is 0. The molecule has 2 fully saturated rings. The molecule has 1 unspecified atom stereocenters. The van der Waals surface area contributed by atoms with Crippen LogP contribution in [0, 0.1) is 0 Å². The topological polar surface area (TPSA) is 55.8 Å². The number of likely N-dealkylation sites (N-methyl/N-ethyl adjacent to an activating group) is 1. The maximum atomic E-state index is 12.2. The number of rotatable bonds is 3. The molecule has 0 radical (unpaired) electrons. The number of hydrogen-bond donors (Lipinski definition) is 2. The number of nitrogens with zero attached hydrogens (tertiary/aromatic N) is 2. The van der Waals surface area contributed by atoms with E-state index in [4.69, 9.17) is 0 Å². The average Bonchev–Trinajstić information content (AvgIpc) is 2.39. The monoisotopic (exact) mass is 327 g/mol. The number of carbonyl (C=O) groups excluding carboxylic acids is 1. The van der Waals surface area contributed by atoms with Crippen LogP contribution in [0.1, 0.15) is 25.7 Å². The van der Waals surface area contributed by atoms with Crippen molar-refractivity contribution in [2.45, 2.75) is 37.8 Å². The van der Waals surface area contributed by atoms with Gasteiger partial charge in [-0.2, -0.15) is 0 Å². The van der Waals surface area contributed by atoms with Gasteiger partial charge in [0.2, 0.25) is 5.91 Å². The third-order valence-corrected chi connectivity index (χ3v) is 4.07. The van der Waals surface area contributed by atoms with Gasteiger partial charge in [-0.05, 0) is 45.8 Å². The standard InChI is InChI=1S/C13H25N3O2.2ClH/c1-15(11-4-6-14-7-5-11)10-13(18)16-8-2-3-12(17)9-16;;/h11-12,14,17H,2-10H2,1H3;2*1H. The fourth-order valence-corrected chi connectivity index (χ4v) is 2.87. The second-order valence-corrected chi connectivity index (χ2v) is 5.53. The lowest BCUT2D eigenvalue weighted by Crippen LogP contribution is -2.49. The van der Waals surface area contributed by atoms with Gasteiger partial charge in [0.15, 0.2) is 0 Å². The van der Waals surface area contributed by atoms with E-state index >= 15 is 0 Å². The number of carbonyl (C=O) groups is 1. The minimum Gasteiger partial charge on any atom is -0.391 e. The fourth-order valence-electron chi connectivity index (χ4n) is 2.87. The van der Waals surface area contributed by atoms with E-state index < -0.39 is 0 Å². The summed E-state index contributed by atoms with van der Waals surface area (Å²) in [4.78, 5) is 16.1. The smallest absolute Gasteiger partial charge is 0.236 e. The SMILES string of the molecule is CN(CC(=O)N1CCCC(O)C1)C1CCNCC1.Cl.Cl. The van der Waals surface area contributed by atoms with E-state index in [-0.39, 0.29) is 36.8 Å². The molecular formula is C13H27Cl2N3O2. The molecule has 0 aromatic rings.